The number of rotatable bonds is 1. The van der Waals surface area contributed by atoms with Crippen LogP contribution in [0.3, 0.4) is 0 Å². The van der Waals surface area contributed by atoms with Crippen LogP contribution in [0.1, 0.15) is 84.6 Å². The molecular formula is C49H47BN2. The first-order chi connectivity index (χ1) is 24.6. The predicted octanol–water partition coefficient (Wildman–Crippen LogP) is 10.9. The van der Waals surface area contributed by atoms with Crippen molar-refractivity contribution in [2.45, 2.75) is 85.5 Å². The molecule has 0 radical (unpaired) electrons. The highest BCUT2D eigenvalue weighted by Crippen LogP contribution is 2.44. The normalized spacial score (nSPS) is 13.9. The molecule has 0 fully saturated rings. The molecule has 2 nitrogen and oxygen atoms in total. The number of hydrogen-bond acceptors (Lipinski definition) is 0. The third-order valence-corrected chi connectivity index (χ3v) is 12.3. The molecule has 3 heteroatoms. The minimum absolute atomic E-state index is 0.0119. The summed E-state index contributed by atoms with van der Waals surface area (Å²) in [6.07, 6.45) is 0. The van der Waals surface area contributed by atoms with Crippen molar-refractivity contribution in [3.05, 3.63) is 125 Å². The number of hydrogen-bond donors (Lipinski definition) is 0. The SMILES string of the molecule is Cc1cc2c3c4c1c1cc(C(C)(C)C)ccc1n4-c1ccc(C(C)(C)C)cc1B3c1cc(C(C)(C)C)cc3c4cc(-c5ccccc5)ccc4n-2c13. The first kappa shape index (κ1) is 31.7. The molecule has 0 aliphatic carbocycles. The lowest BCUT2D eigenvalue weighted by molar-refractivity contribution is 0.590. The molecule has 2 aliphatic rings. The van der Waals surface area contributed by atoms with Gasteiger partial charge < -0.3 is 9.13 Å². The summed E-state index contributed by atoms with van der Waals surface area (Å²) in [7, 11) is 0. The minimum atomic E-state index is -0.0119. The molecule has 0 unspecified atom stereocenters. The van der Waals surface area contributed by atoms with Crippen molar-refractivity contribution in [1.82, 2.24) is 9.13 Å². The average molecular weight is 675 g/mol. The van der Waals surface area contributed by atoms with Gasteiger partial charge in [0.1, 0.15) is 0 Å². The molecule has 0 bridgehead atoms. The number of aryl methyl sites for hydroxylation is 1. The van der Waals surface area contributed by atoms with Gasteiger partial charge in [0.2, 0.25) is 0 Å². The van der Waals surface area contributed by atoms with E-state index >= 15 is 0 Å². The molecule has 0 amide bonds. The molecule has 4 heterocycles. The van der Waals surface area contributed by atoms with E-state index in [4.69, 9.17) is 0 Å². The Bertz CT molecular complexity index is 2840. The number of fused-ring (bicyclic) bond motifs is 11. The van der Waals surface area contributed by atoms with E-state index in [2.05, 4.69) is 181 Å². The van der Waals surface area contributed by atoms with Crippen molar-refractivity contribution in [3.63, 3.8) is 0 Å². The van der Waals surface area contributed by atoms with Gasteiger partial charge in [-0.3, -0.25) is 0 Å². The number of aromatic nitrogens is 2. The minimum Gasteiger partial charge on any atom is -0.310 e. The van der Waals surface area contributed by atoms with Gasteiger partial charge in [-0.05, 0) is 115 Å². The van der Waals surface area contributed by atoms with E-state index in [-0.39, 0.29) is 23.0 Å². The van der Waals surface area contributed by atoms with Gasteiger partial charge in [-0.2, -0.15) is 0 Å². The molecule has 0 saturated heterocycles. The van der Waals surface area contributed by atoms with Crippen LogP contribution in [-0.4, -0.2) is 15.8 Å². The molecule has 6 aromatic carbocycles. The van der Waals surface area contributed by atoms with Crippen LogP contribution in [0.25, 0.3) is 66.1 Å². The Kier molecular flexibility index (Phi) is 6.16. The molecule has 2 aromatic heterocycles. The first-order valence-electron chi connectivity index (χ1n) is 19.1. The molecule has 0 atom stereocenters. The third-order valence-electron chi connectivity index (χ3n) is 12.3. The lowest BCUT2D eigenvalue weighted by atomic mass is 9.34. The van der Waals surface area contributed by atoms with Gasteiger partial charge >= 0.3 is 0 Å². The van der Waals surface area contributed by atoms with Crippen LogP contribution in [0.4, 0.5) is 0 Å². The van der Waals surface area contributed by atoms with Crippen LogP contribution in [0, 0.1) is 6.92 Å². The molecular weight excluding hydrogens is 627 g/mol. The average Bonchev–Trinajstić information content (AvgIpc) is 3.62. The van der Waals surface area contributed by atoms with Crippen LogP contribution in [-0.2, 0) is 16.2 Å². The Morgan fingerprint density at radius 3 is 1.77 bits per heavy atom. The monoisotopic (exact) mass is 674 g/mol. The van der Waals surface area contributed by atoms with E-state index in [1.54, 1.807) is 0 Å². The zero-order valence-electron chi connectivity index (χ0n) is 32.3. The molecule has 0 saturated carbocycles. The van der Waals surface area contributed by atoms with E-state index in [0.717, 1.165) is 0 Å². The summed E-state index contributed by atoms with van der Waals surface area (Å²) in [4.78, 5) is 0. The molecule has 0 spiro atoms. The summed E-state index contributed by atoms with van der Waals surface area (Å²) in [5, 5.41) is 5.43. The van der Waals surface area contributed by atoms with E-state index < -0.39 is 0 Å². The second-order valence-electron chi connectivity index (χ2n) is 18.8. The summed E-state index contributed by atoms with van der Waals surface area (Å²) in [5.41, 5.74) is 20.3. The number of nitrogens with zero attached hydrogens (tertiary/aromatic N) is 2. The Labute approximate surface area is 308 Å². The van der Waals surface area contributed by atoms with Crippen molar-refractivity contribution in [3.8, 4) is 22.5 Å². The Hall–Kier alpha value is -5.02. The Morgan fingerprint density at radius 1 is 0.462 bits per heavy atom. The van der Waals surface area contributed by atoms with Crippen molar-refractivity contribution < 1.29 is 0 Å². The zero-order valence-corrected chi connectivity index (χ0v) is 32.3. The van der Waals surface area contributed by atoms with Crippen LogP contribution in [0.15, 0.2) is 103 Å². The van der Waals surface area contributed by atoms with Crippen molar-refractivity contribution >= 4 is 66.7 Å². The summed E-state index contributed by atoms with van der Waals surface area (Å²) in [6.45, 7) is 23.6. The molecule has 0 N–H and O–H groups in total. The smallest absolute Gasteiger partial charge is 0.252 e. The van der Waals surface area contributed by atoms with Gasteiger partial charge in [-0.1, -0.05) is 123 Å². The number of benzene rings is 6. The fourth-order valence-electron chi connectivity index (χ4n) is 9.43. The van der Waals surface area contributed by atoms with Crippen molar-refractivity contribution in [1.29, 1.82) is 0 Å². The van der Waals surface area contributed by atoms with Gasteiger partial charge in [0.05, 0.1) is 16.6 Å². The zero-order chi connectivity index (χ0) is 36.2. The van der Waals surface area contributed by atoms with Gasteiger partial charge in [0.25, 0.3) is 6.71 Å². The van der Waals surface area contributed by atoms with E-state index in [0.29, 0.717) is 0 Å². The largest absolute Gasteiger partial charge is 0.310 e. The lowest BCUT2D eigenvalue weighted by Crippen LogP contribution is -2.59. The van der Waals surface area contributed by atoms with E-state index in [1.807, 2.05) is 0 Å². The summed E-state index contributed by atoms with van der Waals surface area (Å²) >= 11 is 0. The van der Waals surface area contributed by atoms with Crippen molar-refractivity contribution in [2.75, 3.05) is 0 Å². The van der Waals surface area contributed by atoms with Gasteiger partial charge in [0, 0.05) is 38.4 Å². The second kappa shape index (κ2) is 10.1. The summed E-state index contributed by atoms with van der Waals surface area (Å²) < 4.78 is 5.25. The van der Waals surface area contributed by atoms with Gasteiger partial charge in [0.15, 0.2) is 0 Å². The van der Waals surface area contributed by atoms with E-state index in [1.165, 1.54) is 105 Å². The predicted molar refractivity (Wildman–Crippen MR) is 226 cm³/mol. The second-order valence-corrected chi connectivity index (χ2v) is 18.8. The maximum absolute atomic E-state index is 2.63. The quantitative estimate of drug-likeness (QED) is 0.153. The van der Waals surface area contributed by atoms with Crippen LogP contribution < -0.4 is 16.4 Å². The summed E-state index contributed by atoms with van der Waals surface area (Å²) in [6, 6.07) is 40.2. The maximum atomic E-state index is 2.63. The fraction of sp³-hybridized carbons (Fsp3) is 0.265. The van der Waals surface area contributed by atoms with Gasteiger partial charge in [-0.25, -0.2) is 0 Å². The molecule has 2 aliphatic heterocycles. The Balaban J connectivity index is 1.43. The topological polar surface area (TPSA) is 9.86 Å². The highest BCUT2D eigenvalue weighted by Gasteiger charge is 2.42. The maximum Gasteiger partial charge on any atom is 0.252 e. The molecule has 10 rings (SSSR count). The summed E-state index contributed by atoms with van der Waals surface area (Å²) in [5.74, 6) is 0. The molecule has 52 heavy (non-hydrogen) atoms. The highest BCUT2D eigenvalue weighted by molar-refractivity contribution is 7.00. The lowest BCUT2D eigenvalue weighted by Gasteiger charge is -2.35. The van der Waals surface area contributed by atoms with Crippen LogP contribution >= 0.6 is 0 Å². The highest BCUT2D eigenvalue weighted by atomic mass is 15.0. The van der Waals surface area contributed by atoms with Crippen molar-refractivity contribution in [2.24, 2.45) is 0 Å². The Morgan fingerprint density at radius 2 is 1.06 bits per heavy atom. The fourth-order valence-corrected chi connectivity index (χ4v) is 9.43. The van der Waals surface area contributed by atoms with Crippen LogP contribution in [0.2, 0.25) is 0 Å². The molecule has 256 valence electrons. The van der Waals surface area contributed by atoms with Gasteiger partial charge in [-0.15, -0.1) is 0 Å². The first-order valence-corrected chi connectivity index (χ1v) is 19.1. The van der Waals surface area contributed by atoms with Crippen LogP contribution in [0.5, 0.6) is 0 Å². The standard InChI is InChI=1S/C49H47BN2/c1-28-22-42-44-46-43(28)36-24-31(47(2,3)4)17-20-40(36)51(46)41-21-18-32(48(5,6)7)26-37(41)50(44)38-27-33(49(8,9)10)25-35-34-23-30(29-14-12-11-13-15-29)16-19-39(34)52(42)45(35)38/h11-27H,1-10H3. The molecule has 8 aromatic rings. The van der Waals surface area contributed by atoms with E-state index in [9.17, 15) is 0 Å². The third kappa shape index (κ3) is 4.20.